The molecule has 0 radical (unpaired) electrons. The SMILES string of the molecule is CC(NCC1(C)CCC1)C1CC2C=CC1C2. The summed E-state index contributed by atoms with van der Waals surface area (Å²) in [5, 5.41) is 3.82. The Morgan fingerprint density at radius 1 is 1.31 bits per heavy atom. The van der Waals surface area contributed by atoms with Crippen LogP contribution in [0.1, 0.15) is 46.0 Å². The lowest BCUT2D eigenvalue weighted by Crippen LogP contribution is -2.44. The van der Waals surface area contributed by atoms with E-state index in [2.05, 4.69) is 31.3 Å². The van der Waals surface area contributed by atoms with Crippen molar-refractivity contribution in [3.63, 3.8) is 0 Å². The Hall–Kier alpha value is -0.300. The summed E-state index contributed by atoms with van der Waals surface area (Å²) in [5.41, 5.74) is 0.627. The lowest BCUT2D eigenvalue weighted by Gasteiger charge is -2.40. The van der Waals surface area contributed by atoms with Gasteiger partial charge in [0, 0.05) is 12.6 Å². The molecule has 1 nitrogen and oxygen atoms in total. The van der Waals surface area contributed by atoms with E-state index >= 15 is 0 Å². The lowest BCUT2D eigenvalue weighted by atomic mass is 9.70. The zero-order valence-electron chi connectivity index (χ0n) is 10.7. The standard InChI is InChI=1S/C15H25N/c1-11(16-10-15(2)6-3-7-15)14-9-12-4-5-13(14)8-12/h4-5,11-14,16H,3,6-10H2,1-2H3. The summed E-state index contributed by atoms with van der Waals surface area (Å²) in [4.78, 5) is 0. The third kappa shape index (κ3) is 1.84. The van der Waals surface area contributed by atoms with Crippen molar-refractivity contribution >= 4 is 0 Å². The first kappa shape index (κ1) is 10.8. The van der Waals surface area contributed by atoms with Crippen LogP contribution in [0.25, 0.3) is 0 Å². The fourth-order valence-corrected chi connectivity index (χ4v) is 3.91. The molecule has 3 aliphatic carbocycles. The topological polar surface area (TPSA) is 12.0 Å². The normalized spacial score (nSPS) is 41.0. The summed E-state index contributed by atoms with van der Waals surface area (Å²) in [6.07, 6.45) is 12.1. The van der Waals surface area contributed by atoms with E-state index in [0.717, 1.165) is 23.8 Å². The van der Waals surface area contributed by atoms with E-state index in [1.54, 1.807) is 0 Å². The minimum absolute atomic E-state index is 0.627. The molecule has 3 rings (SSSR count). The van der Waals surface area contributed by atoms with Gasteiger partial charge in [0.05, 0.1) is 0 Å². The van der Waals surface area contributed by atoms with Crippen LogP contribution >= 0.6 is 0 Å². The number of allylic oxidation sites excluding steroid dienone is 2. The molecule has 0 spiro atoms. The van der Waals surface area contributed by atoms with E-state index in [1.807, 2.05) is 0 Å². The molecule has 3 aliphatic rings. The van der Waals surface area contributed by atoms with Gasteiger partial charge in [0.2, 0.25) is 0 Å². The van der Waals surface area contributed by atoms with Crippen molar-refractivity contribution in [2.45, 2.75) is 52.0 Å². The van der Waals surface area contributed by atoms with E-state index in [0.29, 0.717) is 5.41 Å². The van der Waals surface area contributed by atoms with Crippen molar-refractivity contribution in [3.05, 3.63) is 12.2 Å². The molecule has 0 amide bonds. The number of nitrogens with one attached hydrogen (secondary N) is 1. The molecule has 0 saturated heterocycles. The van der Waals surface area contributed by atoms with Crippen molar-refractivity contribution in [2.24, 2.45) is 23.2 Å². The smallest absolute Gasteiger partial charge is 0.00730 e. The Morgan fingerprint density at radius 3 is 2.62 bits per heavy atom. The largest absolute Gasteiger partial charge is 0.313 e. The summed E-state index contributed by atoms with van der Waals surface area (Å²) in [6.45, 7) is 6.09. The molecule has 0 heterocycles. The zero-order chi connectivity index (χ0) is 11.2. The van der Waals surface area contributed by atoms with Crippen LogP contribution in [0, 0.1) is 23.2 Å². The minimum Gasteiger partial charge on any atom is -0.313 e. The number of hydrogen-bond donors (Lipinski definition) is 1. The second kappa shape index (κ2) is 3.87. The van der Waals surface area contributed by atoms with Crippen molar-refractivity contribution in [3.8, 4) is 0 Å². The Bertz CT molecular complexity index is 290. The van der Waals surface area contributed by atoms with Gasteiger partial charge in [-0.3, -0.25) is 0 Å². The van der Waals surface area contributed by atoms with Crippen LogP contribution in [0.3, 0.4) is 0 Å². The monoisotopic (exact) mass is 219 g/mol. The average molecular weight is 219 g/mol. The quantitative estimate of drug-likeness (QED) is 0.715. The van der Waals surface area contributed by atoms with Gasteiger partial charge in [0.25, 0.3) is 0 Å². The second-order valence-corrected chi connectivity index (χ2v) is 6.78. The van der Waals surface area contributed by atoms with Crippen molar-refractivity contribution < 1.29 is 0 Å². The summed E-state index contributed by atoms with van der Waals surface area (Å²) >= 11 is 0. The number of hydrogen-bond acceptors (Lipinski definition) is 1. The van der Waals surface area contributed by atoms with E-state index < -0.39 is 0 Å². The Labute approximate surface area is 99.7 Å². The fourth-order valence-electron chi connectivity index (χ4n) is 3.91. The van der Waals surface area contributed by atoms with Crippen molar-refractivity contribution in [2.75, 3.05) is 6.54 Å². The number of rotatable bonds is 4. The van der Waals surface area contributed by atoms with Crippen LogP contribution < -0.4 is 5.32 Å². The van der Waals surface area contributed by atoms with Gasteiger partial charge in [-0.15, -0.1) is 0 Å². The van der Waals surface area contributed by atoms with Gasteiger partial charge in [-0.05, 0) is 55.8 Å². The highest BCUT2D eigenvalue weighted by atomic mass is 14.9. The summed E-state index contributed by atoms with van der Waals surface area (Å²) in [6, 6.07) is 0.720. The van der Waals surface area contributed by atoms with Gasteiger partial charge in [0.1, 0.15) is 0 Å². The van der Waals surface area contributed by atoms with E-state index in [1.165, 1.54) is 38.6 Å². The molecule has 0 aromatic carbocycles. The maximum atomic E-state index is 3.82. The predicted octanol–water partition coefficient (Wildman–Crippen LogP) is 3.37. The zero-order valence-corrected chi connectivity index (χ0v) is 10.7. The lowest BCUT2D eigenvalue weighted by molar-refractivity contribution is 0.143. The molecular formula is C15H25N. The molecule has 4 atom stereocenters. The highest BCUT2D eigenvalue weighted by molar-refractivity contribution is 5.11. The highest BCUT2D eigenvalue weighted by Gasteiger charge is 2.39. The molecule has 1 N–H and O–H groups in total. The highest BCUT2D eigenvalue weighted by Crippen LogP contribution is 2.45. The first-order chi connectivity index (χ1) is 7.66. The first-order valence-corrected chi connectivity index (χ1v) is 7.08. The molecule has 0 aliphatic heterocycles. The van der Waals surface area contributed by atoms with E-state index in [4.69, 9.17) is 0 Å². The predicted molar refractivity (Wildman–Crippen MR) is 68.3 cm³/mol. The fraction of sp³-hybridized carbons (Fsp3) is 0.867. The summed E-state index contributed by atoms with van der Waals surface area (Å²) in [7, 11) is 0. The van der Waals surface area contributed by atoms with Crippen LogP contribution in [0.2, 0.25) is 0 Å². The Balaban J connectivity index is 1.50. The van der Waals surface area contributed by atoms with E-state index in [9.17, 15) is 0 Å². The van der Waals surface area contributed by atoms with Gasteiger partial charge in [-0.1, -0.05) is 25.5 Å². The first-order valence-electron chi connectivity index (χ1n) is 7.08. The van der Waals surface area contributed by atoms with Crippen molar-refractivity contribution in [1.29, 1.82) is 0 Å². The van der Waals surface area contributed by atoms with E-state index in [-0.39, 0.29) is 0 Å². The molecule has 90 valence electrons. The van der Waals surface area contributed by atoms with Crippen molar-refractivity contribution in [1.82, 2.24) is 5.32 Å². The van der Waals surface area contributed by atoms with Crippen LogP contribution in [-0.2, 0) is 0 Å². The molecular weight excluding hydrogens is 194 g/mol. The van der Waals surface area contributed by atoms with Gasteiger partial charge in [-0.2, -0.15) is 0 Å². The van der Waals surface area contributed by atoms with Gasteiger partial charge in [0.15, 0.2) is 0 Å². The van der Waals surface area contributed by atoms with Crippen LogP contribution in [0.5, 0.6) is 0 Å². The third-order valence-electron chi connectivity index (χ3n) is 5.38. The average Bonchev–Trinajstić information content (AvgIpc) is 2.84. The van der Waals surface area contributed by atoms with Crippen LogP contribution in [0.15, 0.2) is 12.2 Å². The van der Waals surface area contributed by atoms with Crippen LogP contribution in [0.4, 0.5) is 0 Å². The van der Waals surface area contributed by atoms with Gasteiger partial charge < -0.3 is 5.32 Å². The molecule has 2 fully saturated rings. The molecule has 2 bridgehead atoms. The van der Waals surface area contributed by atoms with Gasteiger partial charge >= 0.3 is 0 Å². The molecule has 0 aromatic heterocycles. The number of fused-ring (bicyclic) bond motifs is 2. The second-order valence-electron chi connectivity index (χ2n) is 6.78. The maximum Gasteiger partial charge on any atom is 0.00730 e. The Kier molecular flexibility index (Phi) is 2.62. The molecule has 16 heavy (non-hydrogen) atoms. The Morgan fingerprint density at radius 2 is 2.12 bits per heavy atom. The molecule has 2 saturated carbocycles. The maximum absolute atomic E-state index is 3.82. The van der Waals surface area contributed by atoms with Crippen LogP contribution in [-0.4, -0.2) is 12.6 Å². The molecule has 0 aromatic rings. The molecule has 4 unspecified atom stereocenters. The third-order valence-corrected chi connectivity index (χ3v) is 5.38. The summed E-state index contributed by atoms with van der Waals surface area (Å²) < 4.78 is 0. The minimum atomic E-state index is 0.627. The molecule has 1 heteroatoms. The van der Waals surface area contributed by atoms with Gasteiger partial charge in [-0.25, -0.2) is 0 Å². The summed E-state index contributed by atoms with van der Waals surface area (Å²) in [5.74, 6) is 2.72.